The van der Waals surface area contributed by atoms with E-state index in [0.29, 0.717) is 19.3 Å². The summed E-state index contributed by atoms with van der Waals surface area (Å²) in [5.41, 5.74) is 4.24. The van der Waals surface area contributed by atoms with E-state index in [1.807, 2.05) is 19.1 Å². The monoisotopic (exact) mass is 323 g/mol. The van der Waals surface area contributed by atoms with Crippen LogP contribution in [0.2, 0.25) is 0 Å². The van der Waals surface area contributed by atoms with Crippen molar-refractivity contribution in [2.24, 2.45) is 0 Å². The molecule has 0 aliphatic carbocycles. The summed E-state index contributed by atoms with van der Waals surface area (Å²) in [6.07, 6.45) is 3.05. The van der Waals surface area contributed by atoms with Crippen LogP contribution in [0.5, 0.6) is 0 Å². The molecule has 2 nitrogen and oxygen atoms in total. The Hall–Kier alpha value is -1.97. The van der Waals surface area contributed by atoms with Crippen molar-refractivity contribution < 1.29 is 9.13 Å². The van der Waals surface area contributed by atoms with Gasteiger partial charge in [-0.3, -0.25) is 4.90 Å². The first kappa shape index (κ1) is 15.6. The third-order valence-corrected chi connectivity index (χ3v) is 5.09. The number of hydrogen-bond acceptors (Lipinski definition) is 2. The van der Waals surface area contributed by atoms with Gasteiger partial charge < -0.3 is 4.74 Å². The molecule has 2 heterocycles. The van der Waals surface area contributed by atoms with E-state index >= 15 is 0 Å². The molecule has 0 saturated carbocycles. The smallest absolute Gasteiger partial charge is 0.130 e. The van der Waals surface area contributed by atoms with Crippen molar-refractivity contribution in [2.75, 3.05) is 13.2 Å². The number of halogens is 1. The summed E-state index contributed by atoms with van der Waals surface area (Å²) in [5.74, 6) is -0.114. The minimum Gasteiger partial charge on any atom is -0.378 e. The molecule has 2 aliphatic heterocycles. The van der Waals surface area contributed by atoms with Gasteiger partial charge in [-0.25, -0.2) is 4.39 Å². The van der Waals surface area contributed by atoms with Crippen LogP contribution in [0, 0.1) is 12.7 Å². The fraction of sp³-hybridized carbons (Fsp3) is 0.333. The van der Waals surface area contributed by atoms with Gasteiger partial charge >= 0.3 is 0 Å². The molecule has 124 valence electrons. The minimum atomic E-state index is -0.114. The highest BCUT2D eigenvalue weighted by molar-refractivity contribution is 5.70. The van der Waals surface area contributed by atoms with Crippen LogP contribution in [0.3, 0.4) is 0 Å². The number of ether oxygens (including phenoxy) is 1. The summed E-state index contributed by atoms with van der Waals surface area (Å²) in [6.45, 7) is 4.30. The lowest BCUT2D eigenvalue weighted by Crippen LogP contribution is -2.53. The van der Waals surface area contributed by atoms with Crippen molar-refractivity contribution in [3.05, 3.63) is 77.1 Å². The molecule has 2 aromatic rings. The average Bonchev–Trinajstić information content (AvgIpc) is 2.56. The van der Waals surface area contributed by atoms with Crippen LogP contribution in [-0.4, -0.2) is 30.2 Å². The van der Waals surface area contributed by atoms with Crippen LogP contribution < -0.4 is 0 Å². The van der Waals surface area contributed by atoms with Crippen LogP contribution in [0.4, 0.5) is 4.39 Å². The predicted molar refractivity (Wildman–Crippen MR) is 94.1 cm³/mol. The first-order valence-electron chi connectivity index (χ1n) is 8.56. The average molecular weight is 323 g/mol. The summed E-state index contributed by atoms with van der Waals surface area (Å²) >= 11 is 0. The topological polar surface area (TPSA) is 12.5 Å². The fourth-order valence-electron chi connectivity index (χ4n) is 3.93. The van der Waals surface area contributed by atoms with Crippen molar-refractivity contribution in [3.63, 3.8) is 0 Å². The van der Waals surface area contributed by atoms with Crippen molar-refractivity contribution in [2.45, 2.75) is 32.0 Å². The highest BCUT2D eigenvalue weighted by Crippen LogP contribution is 2.35. The van der Waals surface area contributed by atoms with E-state index in [1.165, 1.54) is 5.56 Å². The van der Waals surface area contributed by atoms with Crippen molar-refractivity contribution in [1.82, 2.24) is 4.90 Å². The fourth-order valence-corrected chi connectivity index (χ4v) is 3.93. The zero-order valence-electron chi connectivity index (χ0n) is 13.9. The standard InChI is InChI=1S/C21H22FNO/c1-15-6-5-9-20(22)21(15)17-10-18-13-24-14-19(11-17)23(18)12-16-7-3-2-4-8-16/h2-10,18-19H,11-14H2,1H3. The molecule has 24 heavy (non-hydrogen) atoms. The molecule has 0 radical (unpaired) electrons. The molecule has 2 unspecified atom stereocenters. The van der Waals surface area contributed by atoms with Gasteiger partial charge in [-0.2, -0.15) is 0 Å². The first-order chi connectivity index (χ1) is 11.7. The minimum absolute atomic E-state index is 0.114. The molecule has 0 N–H and O–H groups in total. The van der Waals surface area contributed by atoms with Crippen molar-refractivity contribution in [3.8, 4) is 0 Å². The van der Waals surface area contributed by atoms with Crippen LogP contribution in [0.15, 0.2) is 54.6 Å². The molecule has 1 fully saturated rings. The van der Waals surface area contributed by atoms with Gasteiger partial charge in [-0.1, -0.05) is 48.5 Å². The molecule has 0 spiro atoms. The van der Waals surface area contributed by atoms with Crippen LogP contribution in [-0.2, 0) is 11.3 Å². The van der Waals surface area contributed by atoms with Gasteiger partial charge in [-0.05, 0) is 36.1 Å². The summed E-state index contributed by atoms with van der Waals surface area (Å²) in [4.78, 5) is 2.50. The summed E-state index contributed by atoms with van der Waals surface area (Å²) < 4.78 is 20.1. The number of morpholine rings is 1. The highest BCUT2D eigenvalue weighted by Gasteiger charge is 2.35. The molecule has 2 atom stereocenters. The lowest BCUT2D eigenvalue weighted by molar-refractivity contribution is -0.0403. The Morgan fingerprint density at radius 1 is 1.08 bits per heavy atom. The Morgan fingerprint density at radius 2 is 1.92 bits per heavy atom. The first-order valence-corrected chi connectivity index (χ1v) is 8.56. The Labute approximate surface area is 142 Å². The van der Waals surface area contributed by atoms with E-state index < -0.39 is 0 Å². The largest absolute Gasteiger partial charge is 0.378 e. The third kappa shape index (κ3) is 2.90. The summed E-state index contributed by atoms with van der Waals surface area (Å²) in [6, 6.07) is 16.4. The van der Waals surface area contributed by atoms with Crippen LogP contribution >= 0.6 is 0 Å². The number of nitrogens with zero attached hydrogens (tertiary/aromatic N) is 1. The van der Waals surface area contributed by atoms with E-state index in [1.54, 1.807) is 12.1 Å². The van der Waals surface area contributed by atoms with Gasteiger partial charge in [0.25, 0.3) is 0 Å². The van der Waals surface area contributed by atoms with E-state index in [0.717, 1.165) is 29.7 Å². The molecule has 2 aromatic carbocycles. The van der Waals surface area contributed by atoms with E-state index in [2.05, 4.69) is 35.2 Å². The maximum absolute atomic E-state index is 14.4. The van der Waals surface area contributed by atoms with Crippen molar-refractivity contribution in [1.29, 1.82) is 0 Å². The quantitative estimate of drug-likeness (QED) is 0.840. The Morgan fingerprint density at radius 3 is 2.67 bits per heavy atom. The summed E-state index contributed by atoms with van der Waals surface area (Å²) in [7, 11) is 0. The normalized spacial score (nSPS) is 23.8. The molecule has 0 aromatic heterocycles. The molecule has 4 rings (SSSR count). The third-order valence-electron chi connectivity index (χ3n) is 5.09. The molecule has 2 aliphatic rings. The zero-order valence-corrected chi connectivity index (χ0v) is 13.9. The molecule has 0 amide bonds. The number of fused-ring (bicyclic) bond motifs is 2. The number of hydrogen-bond donors (Lipinski definition) is 0. The molecular formula is C21H22FNO. The number of rotatable bonds is 3. The maximum Gasteiger partial charge on any atom is 0.130 e. The molecule has 3 heteroatoms. The number of benzene rings is 2. The van der Waals surface area contributed by atoms with Gasteiger partial charge in [0.1, 0.15) is 5.82 Å². The summed E-state index contributed by atoms with van der Waals surface area (Å²) in [5, 5.41) is 0. The van der Waals surface area contributed by atoms with Crippen LogP contribution in [0.1, 0.15) is 23.1 Å². The number of aryl methyl sites for hydroxylation is 1. The van der Waals surface area contributed by atoms with Crippen molar-refractivity contribution >= 4 is 5.57 Å². The van der Waals surface area contributed by atoms with Gasteiger partial charge in [0.15, 0.2) is 0 Å². The van der Waals surface area contributed by atoms with Crippen LogP contribution in [0.25, 0.3) is 5.57 Å². The molecular weight excluding hydrogens is 301 g/mol. The second-order valence-corrected chi connectivity index (χ2v) is 6.74. The van der Waals surface area contributed by atoms with Gasteiger partial charge in [0, 0.05) is 18.2 Å². The SMILES string of the molecule is Cc1cccc(F)c1C1=CC2COCC(C1)N2Cc1ccccc1. The van der Waals surface area contributed by atoms with Gasteiger partial charge in [-0.15, -0.1) is 0 Å². The second-order valence-electron chi connectivity index (χ2n) is 6.74. The maximum atomic E-state index is 14.4. The van der Waals surface area contributed by atoms with Gasteiger partial charge in [0.2, 0.25) is 0 Å². The lowest BCUT2D eigenvalue weighted by Gasteiger charge is -2.45. The van der Waals surface area contributed by atoms with E-state index in [4.69, 9.17) is 4.74 Å². The van der Waals surface area contributed by atoms with E-state index in [9.17, 15) is 4.39 Å². The second kappa shape index (κ2) is 6.50. The Bertz CT molecular complexity index is 735. The molecule has 1 saturated heterocycles. The molecule has 2 bridgehead atoms. The van der Waals surface area contributed by atoms with E-state index in [-0.39, 0.29) is 11.9 Å². The van der Waals surface area contributed by atoms with Gasteiger partial charge in [0.05, 0.1) is 19.3 Å². The lowest BCUT2D eigenvalue weighted by atomic mass is 9.87. The predicted octanol–water partition coefficient (Wildman–Crippen LogP) is 4.19. The zero-order chi connectivity index (χ0) is 16.5. The Balaban J connectivity index is 1.65. The highest BCUT2D eigenvalue weighted by atomic mass is 19.1. The Kier molecular flexibility index (Phi) is 4.21.